The largest absolute Gasteiger partial charge is 0.493 e. The van der Waals surface area contributed by atoms with E-state index in [0.29, 0.717) is 18.1 Å². The van der Waals surface area contributed by atoms with E-state index in [1.165, 1.54) is 0 Å². The fourth-order valence-electron chi connectivity index (χ4n) is 2.37. The Morgan fingerprint density at radius 1 is 0.962 bits per heavy atom. The molecule has 0 aliphatic carbocycles. The van der Waals surface area contributed by atoms with Gasteiger partial charge in [0.25, 0.3) is 0 Å². The number of para-hydroxylation sites is 2. The number of benzene rings is 3. The molecule has 4 nitrogen and oxygen atoms in total. The van der Waals surface area contributed by atoms with Crippen LogP contribution in [0.4, 0.5) is 5.69 Å². The van der Waals surface area contributed by atoms with Crippen molar-refractivity contribution < 1.29 is 9.47 Å². The predicted octanol–water partition coefficient (Wildman–Crippen LogP) is 5.48. The lowest BCUT2D eigenvalue weighted by Crippen LogP contribution is -2.01. The summed E-state index contributed by atoms with van der Waals surface area (Å²) < 4.78 is 12.5. The minimum absolute atomic E-state index is 0.445. The third-order valence-corrected chi connectivity index (χ3v) is 4.23. The summed E-state index contributed by atoms with van der Waals surface area (Å²) in [6.45, 7) is 0.445. The molecule has 3 aromatic rings. The monoisotopic (exact) mass is 410 g/mol. The zero-order valence-corrected chi connectivity index (χ0v) is 15.9. The molecule has 0 unspecified atom stereocenters. The van der Waals surface area contributed by atoms with Gasteiger partial charge in [-0.2, -0.15) is 5.10 Å². The van der Waals surface area contributed by atoms with Crippen molar-refractivity contribution in [1.29, 1.82) is 0 Å². The zero-order chi connectivity index (χ0) is 18.2. The van der Waals surface area contributed by atoms with Crippen LogP contribution in [0, 0.1) is 0 Å². The number of hydrogen-bond donors (Lipinski definition) is 1. The summed E-state index contributed by atoms with van der Waals surface area (Å²) in [7, 11) is 1.63. The summed E-state index contributed by atoms with van der Waals surface area (Å²) in [6, 6.07) is 23.5. The minimum atomic E-state index is 0.445. The fourth-order valence-corrected chi connectivity index (χ4v) is 2.64. The quantitative estimate of drug-likeness (QED) is 0.414. The summed E-state index contributed by atoms with van der Waals surface area (Å²) in [5.41, 5.74) is 5.84. The third-order valence-electron chi connectivity index (χ3n) is 3.70. The van der Waals surface area contributed by atoms with Gasteiger partial charge in [-0.3, -0.25) is 5.43 Å². The molecule has 3 aromatic carbocycles. The van der Waals surface area contributed by atoms with Gasteiger partial charge in [-0.1, -0.05) is 52.3 Å². The van der Waals surface area contributed by atoms with Gasteiger partial charge in [0.2, 0.25) is 0 Å². The van der Waals surface area contributed by atoms with Gasteiger partial charge >= 0.3 is 0 Å². The van der Waals surface area contributed by atoms with Gasteiger partial charge < -0.3 is 9.47 Å². The summed E-state index contributed by atoms with van der Waals surface area (Å²) >= 11 is 3.44. The van der Waals surface area contributed by atoms with Gasteiger partial charge in [0, 0.05) is 10.0 Å². The van der Waals surface area contributed by atoms with E-state index in [-0.39, 0.29) is 0 Å². The second-order valence-corrected chi connectivity index (χ2v) is 6.45. The molecule has 0 heterocycles. The Morgan fingerprint density at radius 3 is 2.46 bits per heavy atom. The molecule has 0 fully saturated rings. The molecule has 26 heavy (non-hydrogen) atoms. The number of nitrogens with one attached hydrogen (secondary N) is 1. The SMILES string of the molecule is COc1cccc(/C=N/Nc2ccccc2)c1OCc1ccc(Br)cc1. The van der Waals surface area contributed by atoms with Crippen molar-refractivity contribution >= 4 is 27.8 Å². The van der Waals surface area contributed by atoms with E-state index in [1.807, 2.05) is 72.8 Å². The van der Waals surface area contributed by atoms with E-state index in [1.54, 1.807) is 13.3 Å². The Hall–Kier alpha value is -2.79. The van der Waals surface area contributed by atoms with Gasteiger partial charge in [-0.25, -0.2) is 0 Å². The van der Waals surface area contributed by atoms with Crippen LogP contribution in [-0.2, 0) is 6.61 Å². The van der Waals surface area contributed by atoms with E-state index < -0.39 is 0 Å². The number of halogens is 1. The fraction of sp³-hybridized carbons (Fsp3) is 0.0952. The number of anilines is 1. The van der Waals surface area contributed by atoms with E-state index >= 15 is 0 Å². The molecule has 0 saturated carbocycles. The average molecular weight is 411 g/mol. The molecule has 0 saturated heterocycles. The lowest BCUT2D eigenvalue weighted by atomic mass is 10.2. The lowest BCUT2D eigenvalue weighted by Gasteiger charge is -2.13. The van der Waals surface area contributed by atoms with Crippen LogP contribution >= 0.6 is 15.9 Å². The van der Waals surface area contributed by atoms with Crippen LogP contribution in [0.15, 0.2) is 82.4 Å². The van der Waals surface area contributed by atoms with E-state index in [0.717, 1.165) is 21.3 Å². The van der Waals surface area contributed by atoms with Crippen molar-refractivity contribution in [3.05, 3.63) is 88.4 Å². The first-order valence-corrected chi connectivity index (χ1v) is 8.94. The highest BCUT2D eigenvalue weighted by atomic mass is 79.9. The van der Waals surface area contributed by atoms with Crippen molar-refractivity contribution in [2.24, 2.45) is 5.10 Å². The van der Waals surface area contributed by atoms with Gasteiger partial charge in [0.15, 0.2) is 11.5 Å². The molecule has 3 rings (SSSR count). The maximum Gasteiger partial charge on any atom is 0.170 e. The van der Waals surface area contributed by atoms with Crippen LogP contribution in [0.3, 0.4) is 0 Å². The van der Waals surface area contributed by atoms with E-state index in [4.69, 9.17) is 9.47 Å². The Balaban J connectivity index is 1.75. The Kier molecular flexibility index (Phi) is 6.28. The van der Waals surface area contributed by atoms with Gasteiger partial charge in [-0.15, -0.1) is 0 Å². The molecule has 1 N–H and O–H groups in total. The Morgan fingerprint density at radius 2 is 1.73 bits per heavy atom. The second-order valence-electron chi connectivity index (χ2n) is 5.53. The number of nitrogens with zero attached hydrogens (tertiary/aromatic N) is 1. The molecule has 0 radical (unpaired) electrons. The number of methoxy groups -OCH3 is 1. The van der Waals surface area contributed by atoms with Crippen LogP contribution in [-0.4, -0.2) is 13.3 Å². The van der Waals surface area contributed by atoms with Crippen LogP contribution < -0.4 is 14.9 Å². The predicted molar refractivity (Wildman–Crippen MR) is 109 cm³/mol. The highest BCUT2D eigenvalue weighted by molar-refractivity contribution is 9.10. The summed E-state index contributed by atoms with van der Waals surface area (Å²) in [4.78, 5) is 0. The van der Waals surface area contributed by atoms with Gasteiger partial charge in [0.1, 0.15) is 6.61 Å². The maximum atomic E-state index is 6.03. The Labute approximate surface area is 161 Å². The highest BCUT2D eigenvalue weighted by Gasteiger charge is 2.09. The number of hydrazone groups is 1. The molecule has 132 valence electrons. The molecular weight excluding hydrogens is 392 g/mol. The van der Waals surface area contributed by atoms with Crippen LogP contribution in [0.5, 0.6) is 11.5 Å². The molecule has 0 amide bonds. The normalized spacial score (nSPS) is 10.7. The molecule has 0 aliphatic heterocycles. The minimum Gasteiger partial charge on any atom is -0.493 e. The third kappa shape index (κ3) is 4.86. The molecule has 0 spiro atoms. The molecule has 0 atom stereocenters. The zero-order valence-electron chi connectivity index (χ0n) is 14.4. The standard InChI is InChI=1S/C21H19BrN2O2/c1-25-20-9-5-6-17(14-23-24-19-7-3-2-4-8-19)21(20)26-15-16-10-12-18(22)13-11-16/h2-14,24H,15H2,1H3/b23-14+. The summed E-state index contributed by atoms with van der Waals surface area (Å²) in [6.07, 6.45) is 1.73. The topological polar surface area (TPSA) is 42.8 Å². The Bertz CT molecular complexity index is 865. The lowest BCUT2D eigenvalue weighted by molar-refractivity contribution is 0.284. The van der Waals surface area contributed by atoms with Crippen molar-refractivity contribution in [2.45, 2.75) is 6.61 Å². The maximum absolute atomic E-state index is 6.03. The van der Waals surface area contributed by atoms with Crippen molar-refractivity contribution in [2.75, 3.05) is 12.5 Å². The smallest absolute Gasteiger partial charge is 0.170 e. The second kappa shape index (κ2) is 9.06. The average Bonchev–Trinajstić information content (AvgIpc) is 2.69. The first-order valence-electron chi connectivity index (χ1n) is 8.14. The molecule has 0 aromatic heterocycles. The van der Waals surface area contributed by atoms with Crippen LogP contribution in [0.2, 0.25) is 0 Å². The van der Waals surface area contributed by atoms with Crippen molar-refractivity contribution in [3.63, 3.8) is 0 Å². The molecular formula is C21H19BrN2O2. The number of hydrogen-bond acceptors (Lipinski definition) is 4. The molecule has 0 aliphatic rings. The van der Waals surface area contributed by atoms with Gasteiger partial charge in [0.05, 0.1) is 19.0 Å². The van der Waals surface area contributed by atoms with Crippen LogP contribution in [0.1, 0.15) is 11.1 Å². The summed E-state index contributed by atoms with van der Waals surface area (Å²) in [5, 5.41) is 4.30. The highest BCUT2D eigenvalue weighted by Crippen LogP contribution is 2.31. The van der Waals surface area contributed by atoms with Crippen molar-refractivity contribution in [1.82, 2.24) is 0 Å². The van der Waals surface area contributed by atoms with E-state index in [2.05, 4.69) is 26.5 Å². The van der Waals surface area contributed by atoms with Crippen LogP contribution in [0.25, 0.3) is 0 Å². The molecule has 0 bridgehead atoms. The summed E-state index contributed by atoms with van der Waals surface area (Å²) in [5.74, 6) is 1.34. The van der Waals surface area contributed by atoms with E-state index in [9.17, 15) is 0 Å². The molecule has 5 heteroatoms. The first kappa shape index (κ1) is 18.0. The number of rotatable bonds is 7. The number of ether oxygens (including phenoxy) is 2. The first-order chi connectivity index (χ1) is 12.8. The van der Waals surface area contributed by atoms with Crippen molar-refractivity contribution in [3.8, 4) is 11.5 Å². The van der Waals surface area contributed by atoms with Gasteiger partial charge in [-0.05, 0) is 42.0 Å².